The molecule has 250 valence electrons. The highest BCUT2D eigenvalue weighted by Crippen LogP contribution is 2.60. The first kappa shape index (κ1) is 33.7. The number of hydrogen-bond acceptors (Lipinski definition) is 4. The van der Waals surface area contributed by atoms with Crippen LogP contribution in [0.3, 0.4) is 0 Å². The maximum Gasteiger partial charge on any atom is 0.244 e. The zero-order valence-corrected chi connectivity index (χ0v) is 29.8. The van der Waals surface area contributed by atoms with E-state index in [9.17, 15) is 18.0 Å². The van der Waals surface area contributed by atoms with E-state index in [1.807, 2.05) is 73.7 Å². The average molecular weight is 721 g/mol. The van der Waals surface area contributed by atoms with Gasteiger partial charge in [-0.15, -0.1) is 0 Å². The number of carbonyl (C=O) groups excluding carboxylic acids is 2. The molecule has 3 aromatic carbocycles. The predicted octanol–water partition coefficient (Wildman–Crippen LogP) is 6.85. The van der Waals surface area contributed by atoms with Gasteiger partial charge in [-0.1, -0.05) is 77.5 Å². The van der Waals surface area contributed by atoms with Crippen molar-refractivity contribution in [2.75, 3.05) is 23.7 Å². The minimum absolute atomic E-state index is 0.158. The largest absolute Gasteiger partial charge is 0.354 e. The normalized spacial score (nSPS) is 23.7. The Morgan fingerprint density at radius 3 is 2.02 bits per heavy atom. The van der Waals surface area contributed by atoms with Crippen molar-refractivity contribution in [3.63, 3.8) is 0 Å². The highest BCUT2D eigenvalue weighted by molar-refractivity contribution is 9.10. The van der Waals surface area contributed by atoms with E-state index in [1.165, 1.54) is 48.4 Å². The molecule has 0 saturated heterocycles. The fraction of sp³-hybridized carbons (Fsp3) is 0.474. The summed E-state index contributed by atoms with van der Waals surface area (Å²) in [6.07, 6.45) is 9.95. The number of rotatable bonds is 13. The molecule has 4 aliphatic carbocycles. The Labute approximate surface area is 288 Å². The quantitative estimate of drug-likeness (QED) is 0.210. The summed E-state index contributed by atoms with van der Waals surface area (Å²) in [5.41, 5.74) is 3.71. The number of hydrogen-bond donors (Lipinski definition) is 1. The first-order chi connectivity index (χ1) is 22.5. The fourth-order valence-corrected chi connectivity index (χ4v) is 9.88. The summed E-state index contributed by atoms with van der Waals surface area (Å²) in [5.74, 6) is 1.73. The number of carbonyl (C=O) groups is 2. The van der Waals surface area contributed by atoms with E-state index in [4.69, 9.17) is 0 Å². The lowest BCUT2D eigenvalue weighted by Crippen LogP contribution is -2.53. The van der Waals surface area contributed by atoms with E-state index in [1.54, 1.807) is 4.90 Å². The predicted molar refractivity (Wildman–Crippen MR) is 190 cm³/mol. The molecule has 1 N–H and O–H groups in total. The zero-order valence-electron chi connectivity index (χ0n) is 27.4. The number of nitrogens with zero attached hydrogens (tertiary/aromatic N) is 2. The summed E-state index contributed by atoms with van der Waals surface area (Å²) in [4.78, 5) is 29.6. The lowest BCUT2D eigenvalue weighted by Gasteiger charge is -2.57. The van der Waals surface area contributed by atoms with E-state index in [2.05, 4.69) is 33.4 Å². The second-order valence-electron chi connectivity index (χ2n) is 14.2. The van der Waals surface area contributed by atoms with Crippen LogP contribution in [0.25, 0.3) is 0 Å². The third kappa shape index (κ3) is 7.78. The standard InChI is InChI=1S/C38H46BrN3O4S/c1-3-17-40-37(44)35(21-27-7-5-4-6-8-27)41(25-28-9-13-33(39)14-10-28)36(43)26-42(47(2,45)46)34-15-11-32(12-16-34)38-22-29-18-30(23-38)20-31(19-29)24-38/h4-16,29-31,35H,3,17-26H2,1-2H3,(H,40,44)/t29?,30?,31?,35-,38?/m0/s1. The third-order valence-corrected chi connectivity index (χ3v) is 12.2. The van der Waals surface area contributed by atoms with Gasteiger partial charge in [0, 0.05) is 24.0 Å². The van der Waals surface area contributed by atoms with Crippen LogP contribution in [0.2, 0.25) is 0 Å². The van der Waals surface area contributed by atoms with Crippen molar-refractivity contribution in [3.05, 3.63) is 100 Å². The molecule has 4 aliphatic rings. The maximum absolute atomic E-state index is 14.4. The molecule has 9 heteroatoms. The smallest absolute Gasteiger partial charge is 0.244 e. The van der Waals surface area contributed by atoms with Crippen molar-refractivity contribution in [2.24, 2.45) is 17.8 Å². The van der Waals surface area contributed by atoms with Gasteiger partial charge in [-0.25, -0.2) is 8.42 Å². The molecule has 4 saturated carbocycles. The Morgan fingerprint density at radius 1 is 0.872 bits per heavy atom. The number of halogens is 1. The molecule has 47 heavy (non-hydrogen) atoms. The van der Waals surface area contributed by atoms with Gasteiger partial charge in [-0.3, -0.25) is 13.9 Å². The molecular weight excluding hydrogens is 674 g/mol. The van der Waals surface area contributed by atoms with Crippen molar-refractivity contribution in [1.29, 1.82) is 0 Å². The van der Waals surface area contributed by atoms with Gasteiger partial charge in [0.2, 0.25) is 21.8 Å². The van der Waals surface area contributed by atoms with E-state index in [0.29, 0.717) is 18.7 Å². The van der Waals surface area contributed by atoms with Crippen LogP contribution >= 0.6 is 15.9 Å². The van der Waals surface area contributed by atoms with Crippen LogP contribution in [0.5, 0.6) is 0 Å². The lowest BCUT2D eigenvalue weighted by molar-refractivity contribution is -0.140. The first-order valence-electron chi connectivity index (χ1n) is 17.0. The number of benzene rings is 3. The van der Waals surface area contributed by atoms with Crippen LogP contribution < -0.4 is 9.62 Å². The highest BCUT2D eigenvalue weighted by atomic mass is 79.9. The topological polar surface area (TPSA) is 86.8 Å². The van der Waals surface area contributed by atoms with E-state index in [0.717, 1.165) is 46.0 Å². The van der Waals surface area contributed by atoms with Crippen molar-refractivity contribution < 1.29 is 18.0 Å². The molecule has 3 aromatic rings. The number of nitrogens with one attached hydrogen (secondary N) is 1. The Bertz CT molecular complexity index is 1630. The van der Waals surface area contributed by atoms with Gasteiger partial charge in [0.15, 0.2) is 0 Å². The minimum Gasteiger partial charge on any atom is -0.354 e. The van der Waals surface area contributed by atoms with E-state index in [-0.39, 0.29) is 17.9 Å². The highest BCUT2D eigenvalue weighted by Gasteiger charge is 2.51. The number of sulfonamides is 1. The van der Waals surface area contributed by atoms with Gasteiger partial charge in [-0.2, -0.15) is 0 Å². The molecule has 0 radical (unpaired) electrons. The molecule has 0 spiro atoms. The summed E-state index contributed by atoms with van der Waals surface area (Å²) in [5, 5.41) is 2.99. The van der Waals surface area contributed by atoms with Crippen molar-refractivity contribution in [3.8, 4) is 0 Å². The molecular formula is C38H46BrN3O4S. The molecule has 0 unspecified atom stereocenters. The molecule has 0 aliphatic heterocycles. The van der Waals surface area contributed by atoms with Crippen LogP contribution in [0.1, 0.15) is 68.6 Å². The minimum atomic E-state index is -3.82. The van der Waals surface area contributed by atoms with Crippen molar-refractivity contribution in [1.82, 2.24) is 10.2 Å². The van der Waals surface area contributed by atoms with Gasteiger partial charge in [0.05, 0.1) is 11.9 Å². The second-order valence-corrected chi connectivity index (χ2v) is 17.0. The fourth-order valence-electron chi connectivity index (χ4n) is 8.77. The lowest BCUT2D eigenvalue weighted by atomic mass is 9.48. The van der Waals surface area contributed by atoms with Crippen molar-refractivity contribution >= 4 is 43.5 Å². The molecule has 7 rings (SSSR count). The van der Waals surface area contributed by atoms with Gasteiger partial charge in [0.25, 0.3) is 0 Å². The van der Waals surface area contributed by atoms with Crippen LogP contribution in [0.15, 0.2) is 83.3 Å². The summed E-state index contributed by atoms with van der Waals surface area (Å²) >= 11 is 3.48. The molecule has 0 heterocycles. The van der Waals surface area contributed by atoms with Gasteiger partial charge in [-0.05, 0) is 109 Å². The Kier molecular flexibility index (Phi) is 10.1. The number of amides is 2. The van der Waals surface area contributed by atoms with Gasteiger partial charge < -0.3 is 10.2 Å². The Balaban J connectivity index is 1.29. The van der Waals surface area contributed by atoms with Crippen LogP contribution in [0, 0.1) is 17.8 Å². The first-order valence-corrected chi connectivity index (χ1v) is 19.6. The van der Waals surface area contributed by atoms with Gasteiger partial charge in [0.1, 0.15) is 12.6 Å². The zero-order chi connectivity index (χ0) is 33.2. The van der Waals surface area contributed by atoms with Gasteiger partial charge >= 0.3 is 0 Å². The molecule has 4 bridgehead atoms. The molecule has 0 aromatic heterocycles. The monoisotopic (exact) mass is 719 g/mol. The Hall–Kier alpha value is -3.17. The van der Waals surface area contributed by atoms with Crippen molar-refractivity contribution in [2.45, 2.75) is 76.3 Å². The Morgan fingerprint density at radius 2 is 1.47 bits per heavy atom. The molecule has 7 nitrogen and oxygen atoms in total. The molecule has 2 amide bonds. The van der Waals surface area contributed by atoms with Crippen LogP contribution in [-0.4, -0.2) is 50.5 Å². The SMILES string of the molecule is CCCNC(=O)[C@H](Cc1ccccc1)N(Cc1ccc(Br)cc1)C(=O)CN(c1ccc(C23CC4CC(CC(C4)C2)C3)cc1)S(C)(=O)=O. The second kappa shape index (κ2) is 14.1. The van der Waals surface area contributed by atoms with Crippen LogP contribution in [0.4, 0.5) is 5.69 Å². The number of anilines is 1. The van der Waals surface area contributed by atoms with E-state index >= 15 is 0 Å². The summed E-state index contributed by atoms with van der Waals surface area (Å²) in [7, 11) is -3.82. The maximum atomic E-state index is 14.4. The average Bonchev–Trinajstić information content (AvgIpc) is 3.04. The summed E-state index contributed by atoms with van der Waals surface area (Å²) in [6.45, 7) is 2.22. The van der Waals surface area contributed by atoms with Crippen LogP contribution in [-0.2, 0) is 38.0 Å². The molecule has 1 atom stereocenters. The molecule has 4 fully saturated rings. The summed E-state index contributed by atoms with van der Waals surface area (Å²) in [6, 6.07) is 24.3. The van der Waals surface area contributed by atoms with E-state index < -0.39 is 28.5 Å². The summed E-state index contributed by atoms with van der Waals surface area (Å²) < 4.78 is 28.7. The third-order valence-electron chi connectivity index (χ3n) is 10.6.